The summed E-state index contributed by atoms with van der Waals surface area (Å²) in [5.41, 5.74) is 2.31. The molecule has 0 aliphatic heterocycles. The van der Waals surface area contributed by atoms with E-state index in [1.54, 1.807) is 0 Å². The van der Waals surface area contributed by atoms with Gasteiger partial charge in [-0.25, -0.2) is 0 Å². The van der Waals surface area contributed by atoms with Gasteiger partial charge in [0.05, 0.1) is 5.52 Å². The minimum Gasteiger partial charge on any atom is -0.350 e. The Kier molecular flexibility index (Phi) is 4.87. The lowest BCUT2D eigenvalue weighted by Crippen LogP contribution is -2.35. The number of para-hydroxylation sites is 1. The first kappa shape index (κ1) is 17.3. The highest BCUT2D eigenvalue weighted by Gasteiger charge is 2.32. The van der Waals surface area contributed by atoms with Crippen molar-refractivity contribution in [2.45, 2.75) is 31.8 Å². The van der Waals surface area contributed by atoms with E-state index in [4.69, 9.17) is 0 Å². The Bertz CT molecular complexity index is 947. The summed E-state index contributed by atoms with van der Waals surface area (Å²) in [6.07, 6.45) is 2.41. The predicted octanol–water partition coefficient (Wildman–Crippen LogP) is 2.87. The van der Waals surface area contributed by atoms with Gasteiger partial charge in [-0.1, -0.05) is 48.5 Å². The number of benzene rings is 2. The molecule has 0 unspecified atom stereocenters. The minimum atomic E-state index is -0.263. The van der Waals surface area contributed by atoms with Crippen molar-refractivity contribution in [3.05, 3.63) is 65.9 Å². The molecule has 6 heteroatoms. The van der Waals surface area contributed by atoms with E-state index in [2.05, 4.69) is 15.5 Å². The number of nitrogens with one attached hydrogen (secondary N) is 2. The number of fused-ring (bicyclic) bond motifs is 1. The highest BCUT2D eigenvalue weighted by atomic mass is 16.2. The van der Waals surface area contributed by atoms with Crippen LogP contribution < -0.4 is 5.32 Å². The van der Waals surface area contributed by atoms with Crippen LogP contribution in [0.3, 0.4) is 0 Å². The molecule has 1 aliphatic rings. The number of hydrogen-bond donors (Lipinski definition) is 2. The second kappa shape index (κ2) is 7.61. The van der Waals surface area contributed by atoms with E-state index >= 15 is 0 Å². The van der Waals surface area contributed by atoms with Crippen molar-refractivity contribution in [3.63, 3.8) is 0 Å². The fourth-order valence-electron chi connectivity index (χ4n) is 3.23. The monoisotopic (exact) mass is 362 g/mol. The lowest BCUT2D eigenvalue weighted by molar-refractivity contribution is -0.132. The maximum absolute atomic E-state index is 12.7. The van der Waals surface area contributed by atoms with E-state index in [9.17, 15) is 9.59 Å². The number of aromatic nitrogens is 2. The van der Waals surface area contributed by atoms with Gasteiger partial charge < -0.3 is 10.2 Å². The summed E-state index contributed by atoms with van der Waals surface area (Å²) in [7, 11) is 0. The summed E-state index contributed by atoms with van der Waals surface area (Å²) in [4.78, 5) is 27.0. The molecule has 0 spiro atoms. The van der Waals surface area contributed by atoms with Crippen molar-refractivity contribution >= 4 is 22.7 Å². The summed E-state index contributed by atoms with van der Waals surface area (Å²) in [6.45, 7) is 0.930. The Hall–Kier alpha value is -3.15. The third kappa shape index (κ3) is 4.00. The summed E-state index contributed by atoms with van der Waals surface area (Å²) < 4.78 is 0. The van der Waals surface area contributed by atoms with Gasteiger partial charge in [0.25, 0.3) is 5.91 Å². The van der Waals surface area contributed by atoms with Crippen molar-refractivity contribution in [1.82, 2.24) is 20.4 Å². The summed E-state index contributed by atoms with van der Waals surface area (Å²) >= 11 is 0. The quantitative estimate of drug-likeness (QED) is 0.678. The Morgan fingerprint density at radius 3 is 2.59 bits per heavy atom. The predicted molar refractivity (Wildman–Crippen MR) is 103 cm³/mol. The number of H-pyrrole nitrogens is 1. The first-order chi connectivity index (χ1) is 13.2. The van der Waals surface area contributed by atoms with Crippen LogP contribution in [0.25, 0.3) is 10.9 Å². The highest BCUT2D eigenvalue weighted by molar-refractivity contribution is 6.04. The number of carbonyl (C=O) groups is 2. The summed E-state index contributed by atoms with van der Waals surface area (Å²) in [6, 6.07) is 17.8. The Morgan fingerprint density at radius 2 is 1.81 bits per heavy atom. The molecule has 2 N–H and O–H groups in total. The lowest BCUT2D eigenvalue weighted by atomic mass is 10.2. The van der Waals surface area contributed by atoms with Crippen LogP contribution in [0.1, 0.15) is 35.3 Å². The van der Waals surface area contributed by atoms with Gasteiger partial charge in [-0.2, -0.15) is 5.10 Å². The van der Waals surface area contributed by atoms with E-state index < -0.39 is 0 Å². The Morgan fingerprint density at radius 1 is 1.07 bits per heavy atom. The minimum absolute atomic E-state index is 0.0774. The molecule has 2 amide bonds. The third-order valence-corrected chi connectivity index (χ3v) is 4.81. The SMILES string of the molecule is O=C(NCCC(=O)N(Cc1ccccc1)C1CC1)c1n[nH]c2ccccc12. The molecule has 2 aromatic carbocycles. The lowest BCUT2D eigenvalue weighted by Gasteiger charge is -2.22. The van der Waals surface area contributed by atoms with Gasteiger partial charge in [0.1, 0.15) is 0 Å². The molecule has 1 aliphatic carbocycles. The van der Waals surface area contributed by atoms with E-state index in [-0.39, 0.29) is 18.2 Å². The molecule has 1 saturated carbocycles. The second-order valence-electron chi connectivity index (χ2n) is 6.86. The van der Waals surface area contributed by atoms with Crippen molar-refractivity contribution in [2.24, 2.45) is 0 Å². The fourth-order valence-corrected chi connectivity index (χ4v) is 3.23. The molecule has 1 aromatic heterocycles. The molecule has 1 heterocycles. The third-order valence-electron chi connectivity index (χ3n) is 4.81. The first-order valence-corrected chi connectivity index (χ1v) is 9.27. The molecule has 3 aromatic rings. The van der Waals surface area contributed by atoms with Gasteiger partial charge in [-0.15, -0.1) is 0 Å². The molecule has 0 atom stereocenters. The highest BCUT2D eigenvalue weighted by Crippen LogP contribution is 2.28. The van der Waals surface area contributed by atoms with Crippen LogP contribution in [-0.4, -0.2) is 39.5 Å². The zero-order valence-corrected chi connectivity index (χ0v) is 15.0. The molecule has 1 fully saturated rings. The average molecular weight is 362 g/mol. The number of rotatable bonds is 7. The molecular weight excluding hydrogens is 340 g/mol. The van der Waals surface area contributed by atoms with Gasteiger partial charge >= 0.3 is 0 Å². The van der Waals surface area contributed by atoms with E-state index in [1.165, 1.54) is 0 Å². The smallest absolute Gasteiger partial charge is 0.272 e. The van der Waals surface area contributed by atoms with E-state index in [0.717, 1.165) is 29.3 Å². The zero-order chi connectivity index (χ0) is 18.6. The number of aromatic amines is 1. The largest absolute Gasteiger partial charge is 0.350 e. The van der Waals surface area contributed by atoms with Gasteiger partial charge in [0.2, 0.25) is 5.91 Å². The van der Waals surface area contributed by atoms with E-state index in [0.29, 0.717) is 24.8 Å². The van der Waals surface area contributed by atoms with Crippen molar-refractivity contribution in [2.75, 3.05) is 6.54 Å². The molecule has 0 bridgehead atoms. The molecule has 0 saturated heterocycles. The molecular formula is C21H22N4O2. The zero-order valence-electron chi connectivity index (χ0n) is 15.0. The van der Waals surface area contributed by atoms with E-state index in [1.807, 2.05) is 59.5 Å². The summed E-state index contributed by atoms with van der Waals surface area (Å²) in [5, 5.41) is 10.5. The van der Waals surface area contributed by atoms with Crippen LogP contribution >= 0.6 is 0 Å². The Labute approximate surface area is 157 Å². The Balaban J connectivity index is 1.33. The van der Waals surface area contributed by atoms with Crippen molar-refractivity contribution < 1.29 is 9.59 Å². The average Bonchev–Trinajstić information content (AvgIpc) is 3.44. The van der Waals surface area contributed by atoms with Crippen LogP contribution in [0.2, 0.25) is 0 Å². The van der Waals surface area contributed by atoms with Crippen molar-refractivity contribution in [1.29, 1.82) is 0 Å². The molecule has 4 rings (SSSR count). The second-order valence-corrected chi connectivity index (χ2v) is 6.86. The van der Waals surface area contributed by atoms with Crippen LogP contribution in [0.15, 0.2) is 54.6 Å². The molecule has 0 radical (unpaired) electrons. The number of nitrogens with zero attached hydrogens (tertiary/aromatic N) is 2. The normalized spacial score (nSPS) is 13.5. The topological polar surface area (TPSA) is 78.1 Å². The van der Waals surface area contributed by atoms with Crippen LogP contribution in [-0.2, 0) is 11.3 Å². The molecule has 6 nitrogen and oxygen atoms in total. The maximum atomic E-state index is 12.7. The first-order valence-electron chi connectivity index (χ1n) is 9.27. The van der Waals surface area contributed by atoms with Crippen LogP contribution in [0, 0.1) is 0 Å². The molecule has 27 heavy (non-hydrogen) atoms. The van der Waals surface area contributed by atoms with Gasteiger partial charge in [-0.05, 0) is 24.5 Å². The van der Waals surface area contributed by atoms with Gasteiger partial charge in [0, 0.05) is 30.9 Å². The standard InChI is InChI=1S/C21H22N4O2/c26-19(25(16-10-11-16)14-15-6-2-1-3-7-15)12-13-22-21(27)20-17-8-4-5-9-18(17)23-24-20/h1-9,16H,10-14H2,(H,22,27)(H,23,24). The number of hydrogen-bond acceptors (Lipinski definition) is 3. The number of amides is 2. The van der Waals surface area contributed by atoms with Gasteiger partial charge in [0.15, 0.2) is 5.69 Å². The van der Waals surface area contributed by atoms with Crippen molar-refractivity contribution in [3.8, 4) is 0 Å². The number of carbonyl (C=O) groups excluding carboxylic acids is 2. The van der Waals surface area contributed by atoms with Gasteiger partial charge in [-0.3, -0.25) is 14.7 Å². The van der Waals surface area contributed by atoms with Crippen LogP contribution in [0.4, 0.5) is 0 Å². The summed E-state index contributed by atoms with van der Waals surface area (Å²) in [5.74, 6) is -0.185. The molecule has 138 valence electrons. The maximum Gasteiger partial charge on any atom is 0.272 e. The fraction of sp³-hybridized carbons (Fsp3) is 0.286. The van der Waals surface area contributed by atoms with Crippen LogP contribution in [0.5, 0.6) is 0 Å².